The van der Waals surface area contributed by atoms with Gasteiger partial charge in [0.15, 0.2) is 5.78 Å². The Morgan fingerprint density at radius 2 is 1.48 bits per heavy atom. The predicted octanol–water partition coefficient (Wildman–Crippen LogP) is 3.23. The van der Waals surface area contributed by atoms with Gasteiger partial charge in [-0.25, -0.2) is 0 Å². The summed E-state index contributed by atoms with van der Waals surface area (Å²) in [5.74, 6) is -0.990. The van der Waals surface area contributed by atoms with Crippen molar-refractivity contribution in [1.29, 1.82) is 0 Å². The number of carbonyl (C=O) groups is 3. The maximum absolute atomic E-state index is 12.2. The molecule has 0 spiro atoms. The zero-order valence-corrected chi connectivity index (χ0v) is 13.5. The molecule has 0 fully saturated rings. The highest BCUT2D eigenvalue weighted by molar-refractivity contribution is 6.21. The van der Waals surface area contributed by atoms with Crippen LogP contribution in [0.3, 0.4) is 0 Å². The molecule has 126 valence electrons. The first-order chi connectivity index (χ1) is 12.1. The van der Waals surface area contributed by atoms with Gasteiger partial charge >= 0.3 is 0 Å². The molecule has 1 N–H and O–H groups in total. The third-order valence-corrected chi connectivity index (χ3v) is 4.05. The normalized spacial score (nSPS) is 13.9. The number of fused-ring (bicyclic) bond motifs is 1. The molecule has 0 atom stereocenters. The second-order valence-corrected chi connectivity index (χ2v) is 5.77. The number of aliphatic hydroxyl groups is 1. The highest BCUT2D eigenvalue weighted by atomic mass is 16.3. The summed E-state index contributed by atoms with van der Waals surface area (Å²) < 4.78 is 0. The van der Waals surface area contributed by atoms with E-state index in [0.29, 0.717) is 23.1 Å². The molecule has 2 aromatic rings. The smallest absolute Gasteiger partial charge is 0.261 e. The molecule has 1 heterocycles. The van der Waals surface area contributed by atoms with E-state index in [1.54, 1.807) is 48.5 Å². The maximum atomic E-state index is 12.2. The first kappa shape index (κ1) is 16.6. The molecule has 0 radical (unpaired) electrons. The average Bonchev–Trinajstić information content (AvgIpc) is 2.87. The van der Waals surface area contributed by atoms with E-state index in [0.717, 1.165) is 0 Å². The zero-order chi connectivity index (χ0) is 17.8. The number of hydrogen-bond acceptors (Lipinski definition) is 4. The molecule has 3 rings (SSSR count). The second kappa shape index (κ2) is 7.13. The molecule has 5 heteroatoms. The van der Waals surface area contributed by atoms with E-state index in [4.69, 9.17) is 0 Å². The van der Waals surface area contributed by atoms with Crippen molar-refractivity contribution in [3.05, 3.63) is 77.4 Å². The van der Waals surface area contributed by atoms with E-state index in [1.165, 1.54) is 11.0 Å². The number of nitrogens with zero attached hydrogens (tertiary/aromatic N) is 1. The Morgan fingerprint density at radius 1 is 0.920 bits per heavy atom. The summed E-state index contributed by atoms with van der Waals surface area (Å²) >= 11 is 0. The van der Waals surface area contributed by atoms with E-state index in [2.05, 4.69) is 0 Å². The number of aliphatic hydroxyl groups excluding tert-OH is 1. The van der Waals surface area contributed by atoms with Crippen LogP contribution >= 0.6 is 0 Å². The molecule has 1 aliphatic rings. The first-order valence-electron chi connectivity index (χ1n) is 8.02. The fourth-order valence-corrected chi connectivity index (χ4v) is 2.77. The van der Waals surface area contributed by atoms with Crippen LogP contribution in [0.2, 0.25) is 0 Å². The van der Waals surface area contributed by atoms with Gasteiger partial charge in [0.05, 0.1) is 11.1 Å². The van der Waals surface area contributed by atoms with Crippen LogP contribution in [-0.4, -0.2) is 34.1 Å². The van der Waals surface area contributed by atoms with Crippen molar-refractivity contribution in [2.24, 2.45) is 0 Å². The molecule has 0 aliphatic carbocycles. The molecule has 0 saturated heterocycles. The van der Waals surface area contributed by atoms with Crippen LogP contribution in [0.5, 0.6) is 0 Å². The molecule has 5 nitrogen and oxygen atoms in total. The number of carbonyl (C=O) groups excluding carboxylic acids is 3. The molecule has 0 bridgehead atoms. The molecule has 0 saturated carbocycles. The van der Waals surface area contributed by atoms with Crippen molar-refractivity contribution in [2.45, 2.75) is 12.8 Å². The largest absolute Gasteiger partial charge is 0.507 e. The Morgan fingerprint density at radius 3 is 2.08 bits per heavy atom. The summed E-state index contributed by atoms with van der Waals surface area (Å²) in [6.07, 6.45) is 1.67. The lowest BCUT2D eigenvalue weighted by Gasteiger charge is -2.12. The minimum Gasteiger partial charge on any atom is -0.507 e. The number of amides is 2. The Balaban J connectivity index is 1.56. The van der Waals surface area contributed by atoms with Gasteiger partial charge in [-0.2, -0.15) is 0 Å². The SMILES string of the molecule is O=C(/C=C(/O)c1ccccc1)CCCN1C(=O)c2ccccc2C1=O. The third kappa shape index (κ3) is 3.50. The summed E-state index contributed by atoms with van der Waals surface area (Å²) in [6.45, 7) is 0.179. The van der Waals surface area contributed by atoms with Crippen molar-refractivity contribution >= 4 is 23.4 Å². The molecule has 25 heavy (non-hydrogen) atoms. The monoisotopic (exact) mass is 335 g/mol. The fraction of sp³-hybridized carbons (Fsp3) is 0.150. The molecule has 2 amide bonds. The summed E-state index contributed by atoms with van der Waals surface area (Å²) in [6, 6.07) is 15.5. The van der Waals surface area contributed by atoms with Gasteiger partial charge in [0.25, 0.3) is 11.8 Å². The molecule has 0 unspecified atom stereocenters. The third-order valence-electron chi connectivity index (χ3n) is 4.05. The minimum atomic E-state index is -0.323. The lowest BCUT2D eigenvalue weighted by atomic mass is 10.1. The summed E-state index contributed by atoms with van der Waals surface area (Å²) in [4.78, 5) is 37.6. The van der Waals surface area contributed by atoms with Gasteiger partial charge in [-0.05, 0) is 18.6 Å². The van der Waals surface area contributed by atoms with Crippen LogP contribution < -0.4 is 0 Å². The summed E-state index contributed by atoms with van der Waals surface area (Å²) in [5.41, 5.74) is 1.37. The number of hydrogen-bond donors (Lipinski definition) is 1. The Kier molecular flexibility index (Phi) is 4.75. The summed E-state index contributed by atoms with van der Waals surface area (Å²) in [5, 5.41) is 9.93. The van der Waals surface area contributed by atoms with E-state index >= 15 is 0 Å². The molecular weight excluding hydrogens is 318 g/mol. The van der Waals surface area contributed by atoms with E-state index in [1.807, 2.05) is 6.07 Å². The van der Waals surface area contributed by atoms with E-state index in [9.17, 15) is 19.5 Å². The van der Waals surface area contributed by atoms with Crippen LogP contribution in [0.15, 0.2) is 60.7 Å². The predicted molar refractivity (Wildman–Crippen MR) is 93.1 cm³/mol. The molecule has 2 aromatic carbocycles. The topological polar surface area (TPSA) is 74.7 Å². The molecular formula is C20H17NO4. The van der Waals surface area contributed by atoms with Crippen LogP contribution in [0.4, 0.5) is 0 Å². The lowest BCUT2D eigenvalue weighted by Crippen LogP contribution is -2.30. The van der Waals surface area contributed by atoms with E-state index in [-0.39, 0.29) is 36.3 Å². The molecule has 1 aliphatic heterocycles. The quantitative estimate of drug-likeness (QED) is 0.500. The fourth-order valence-electron chi connectivity index (χ4n) is 2.77. The Bertz CT molecular complexity index is 820. The second-order valence-electron chi connectivity index (χ2n) is 5.77. The van der Waals surface area contributed by atoms with Gasteiger partial charge in [0.1, 0.15) is 5.76 Å². The minimum absolute atomic E-state index is 0.0914. The van der Waals surface area contributed by atoms with Gasteiger partial charge in [-0.1, -0.05) is 42.5 Å². The number of imide groups is 1. The van der Waals surface area contributed by atoms with Gasteiger partial charge in [0, 0.05) is 24.6 Å². The van der Waals surface area contributed by atoms with Crippen molar-refractivity contribution in [1.82, 2.24) is 4.90 Å². The van der Waals surface area contributed by atoms with Gasteiger partial charge in [-0.3, -0.25) is 19.3 Å². The molecule has 0 aromatic heterocycles. The standard InChI is InChI=1S/C20H17NO4/c22-15(13-18(23)14-7-2-1-3-8-14)9-6-12-21-19(24)16-10-4-5-11-17(16)20(21)25/h1-5,7-8,10-11,13,23H,6,9,12H2/b18-13+. The van der Waals surface area contributed by atoms with Crippen LogP contribution in [0.25, 0.3) is 5.76 Å². The van der Waals surface area contributed by atoms with Crippen LogP contribution in [0, 0.1) is 0 Å². The summed E-state index contributed by atoms with van der Waals surface area (Å²) in [7, 11) is 0. The maximum Gasteiger partial charge on any atom is 0.261 e. The van der Waals surface area contributed by atoms with Crippen molar-refractivity contribution in [3.63, 3.8) is 0 Å². The van der Waals surface area contributed by atoms with Crippen LogP contribution in [-0.2, 0) is 4.79 Å². The Labute approximate surface area is 145 Å². The number of rotatable bonds is 6. The first-order valence-corrected chi connectivity index (χ1v) is 8.02. The highest BCUT2D eigenvalue weighted by Crippen LogP contribution is 2.22. The van der Waals surface area contributed by atoms with Crippen molar-refractivity contribution < 1.29 is 19.5 Å². The highest BCUT2D eigenvalue weighted by Gasteiger charge is 2.34. The zero-order valence-electron chi connectivity index (χ0n) is 13.5. The van der Waals surface area contributed by atoms with Crippen LogP contribution in [0.1, 0.15) is 39.1 Å². The Hall–Kier alpha value is -3.21. The van der Waals surface area contributed by atoms with Crippen molar-refractivity contribution in [3.8, 4) is 0 Å². The van der Waals surface area contributed by atoms with Gasteiger partial charge in [-0.15, -0.1) is 0 Å². The van der Waals surface area contributed by atoms with E-state index < -0.39 is 0 Å². The lowest BCUT2D eigenvalue weighted by molar-refractivity contribution is -0.114. The number of benzene rings is 2. The van der Waals surface area contributed by atoms with Crippen molar-refractivity contribution in [2.75, 3.05) is 6.54 Å². The van der Waals surface area contributed by atoms with Gasteiger partial charge < -0.3 is 5.11 Å². The number of allylic oxidation sites excluding steroid dienone is 1. The number of ketones is 1. The van der Waals surface area contributed by atoms with Gasteiger partial charge in [0.2, 0.25) is 0 Å². The average molecular weight is 335 g/mol.